The molecule has 4 aromatic heterocycles. The number of hydrogen-bond donors (Lipinski definition) is 3. The Kier molecular flexibility index (Phi) is 5.87. The zero-order chi connectivity index (χ0) is 23.0. The molecule has 4 heterocycles. The molecule has 7 nitrogen and oxygen atoms in total. The van der Waals surface area contributed by atoms with Crippen molar-refractivity contribution < 1.29 is 14.3 Å². The average molecular weight is 456 g/mol. The predicted octanol–water partition coefficient (Wildman–Crippen LogP) is 4.27. The van der Waals surface area contributed by atoms with Gasteiger partial charge >= 0.3 is 0 Å². The molecule has 0 unspecified atom stereocenters. The number of carbonyl (C=O) groups is 1. The molecule has 1 atom stereocenters. The third-order valence-corrected chi connectivity index (χ3v) is 6.21. The van der Waals surface area contributed by atoms with Gasteiger partial charge in [0.05, 0.1) is 23.4 Å². The van der Waals surface area contributed by atoms with Crippen molar-refractivity contribution in [2.45, 2.75) is 45.5 Å². The first-order valence-electron chi connectivity index (χ1n) is 10.4. The molecule has 0 aliphatic carbocycles. The summed E-state index contributed by atoms with van der Waals surface area (Å²) in [7, 11) is 0. The van der Waals surface area contributed by atoms with Crippen molar-refractivity contribution >= 4 is 38.8 Å². The van der Waals surface area contributed by atoms with Gasteiger partial charge in [0.15, 0.2) is 0 Å². The van der Waals surface area contributed by atoms with Gasteiger partial charge in [-0.3, -0.25) is 4.79 Å². The van der Waals surface area contributed by atoms with Crippen LogP contribution >= 0.6 is 11.3 Å². The highest BCUT2D eigenvalue weighted by atomic mass is 32.1. The summed E-state index contributed by atoms with van der Waals surface area (Å²) in [6.07, 6.45) is 5.58. The quantitative estimate of drug-likeness (QED) is 0.387. The van der Waals surface area contributed by atoms with Gasteiger partial charge in [0.1, 0.15) is 16.6 Å². The van der Waals surface area contributed by atoms with Crippen molar-refractivity contribution in [3.8, 4) is 10.4 Å². The van der Waals surface area contributed by atoms with E-state index in [4.69, 9.17) is 0 Å². The molecule has 0 spiro atoms. The van der Waals surface area contributed by atoms with Crippen molar-refractivity contribution in [1.82, 2.24) is 19.7 Å². The van der Waals surface area contributed by atoms with Crippen LogP contribution in [-0.4, -0.2) is 49.7 Å². The summed E-state index contributed by atoms with van der Waals surface area (Å²) in [6.45, 7) is 6.43. The molecule has 4 rings (SSSR count). The molecule has 0 fully saturated rings. The SMILES string of the molecule is CC(C)Nc1c(C(=O)NC[C@@H](F)C(C)(C)O)cnc2sc(-c3ccc4nccn4c3)cc12. The van der Waals surface area contributed by atoms with Crippen molar-refractivity contribution in [1.29, 1.82) is 0 Å². The average Bonchev–Trinajstić information content (AvgIpc) is 3.37. The highest BCUT2D eigenvalue weighted by Crippen LogP contribution is 2.37. The van der Waals surface area contributed by atoms with Crippen LogP contribution in [0.4, 0.5) is 10.1 Å². The normalized spacial score (nSPS) is 13.1. The molecule has 32 heavy (non-hydrogen) atoms. The molecule has 0 aromatic carbocycles. The number of alkyl halides is 1. The van der Waals surface area contributed by atoms with E-state index in [1.807, 2.05) is 48.8 Å². The van der Waals surface area contributed by atoms with Crippen LogP contribution in [-0.2, 0) is 0 Å². The number of pyridine rings is 2. The van der Waals surface area contributed by atoms with Crippen LogP contribution in [0.1, 0.15) is 38.1 Å². The molecule has 9 heteroatoms. The number of thiophene rings is 1. The lowest BCUT2D eigenvalue weighted by Crippen LogP contribution is -2.42. The lowest BCUT2D eigenvalue weighted by atomic mass is 10.0. The number of fused-ring (bicyclic) bond motifs is 2. The summed E-state index contributed by atoms with van der Waals surface area (Å²) < 4.78 is 16.1. The first-order valence-corrected chi connectivity index (χ1v) is 11.2. The van der Waals surface area contributed by atoms with Gasteiger partial charge < -0.3 is 20.1 Å². The van der Waals surface area contributed by atoms with E-state index in [1.54, 1.807) is 6.20 Å². The van der Waals surface area contributed by atoms with E-state index >= 15 is 0 Å². The Morgan fingerprint density at radius 1 is 1.31 bits per heavy atom. The monoisotopic (exact) mass is 455 g/mol. The Morgan fingerprint density at radius 3 is 2.81 bits per heavy atom. The number of anilines is 1. The molecule has 0 saturated carbocycles. The largest absolute Gasteiger partial charge is 0.387 e. The Balaban J connectivity index is 1.71. The van der Waals surface area contributed by atoms with E-state index in [0.29, 0.717) is 11.3 Å². The van der Waals surface area contributed by atoms with Gasteiger partial charge in [-0.25, -0.2) is 14.4 Å². The van der Waals surface area contributed by atoms with Crippen LogP contribution in [0.5, 0.6) is 0 Å². The first kappa shape index (κ1) is 22.2. The highest BCUT2D eigenvalue weighted by molar-refractivity contribution is 7.22. The molecule has 0 saturated heterocycles. The number of amides is 1. The molecule has 4 aromatic rings. The molecule has 0 bridgehead atoms. The van der Waals surface area contributed by atoms with Crippen molar-refractivity contribution in [3.05, 3.63) is 48.5 Å². The molecular formula is C23H26FN5O2S. The molecular weight excluding hydrogens is 429 g/mol. The number of halogens is 1. The second-order valence-electron chi connectivity index (χ2n) is 8.62. The lowest BCUT2D eigenvalue weighted by molar-refractivity contribution is -0.00177. The van der Waals surface area contributed by atoms with Gasteiger partial charge in [0.2, 0.25) is 0 Å². The Labute approximate surface area is 189 Å². The van der Waals surface area contributed by atoms with E-state index in [0.717, 1.165) is 26.3 Å². The summed E-state index contributed by atoms with van der Waals surface area (Å²) in [4.78, 5) is 23.5. The van der Waals surface area contributed by atoms with Gasteiger partial charge in [-0.1, -0.05) is 0 Å². The molecule has 168 valence electrons. The molecule has 0 radical (unpaired) electrons. The molecule has 0 aliphatic rings. The maximum Gasteiger partial charge on any atom is 0.255 e. The van der Waals surface area contributed by atoms with Crippen LogP contribution < -0.4 is 10.6 Å². The molecule has 3 N–H and O–H groups in total. The van der Waals surface area contributed by atoms with Crippen LogP contribution in [0.15, 0.2) is 43.0 Å². The van der Waals surface area contributed by atoms with E-state index in [1.165, 1.54) is 31.4 Å². The lowest BCUT2D eigenvalue weighted by Gasteiger charge is -2.23. The summed E-state index contributed by atoms with van der Waals surface area (Å²) in [6, 6.07) is 6.05. The smallest absolute Gasteiger partial charge is 0.255 e. The van der Waals surface area contributed by atoms with E-state index in [-0.39, 0.29) is 12.6 Å². The first-order chi connectivity index (χ1) is 15.1. The fourth-order valence-corrected chi connectivity index (χ4v) is 4.34. The summed E-state index contributed by atoms with van der Waals surface area (Å²) in [5, 5.41) is 16.6. The maximum atomic E-state index is 14.1. The zero-order valence-corrected chi connectivity index (χ0v) is 19.2. The predicted molar refractivity (Wildman–Crippen MR) is 126 cm³/mol. The van der Waals surface area contributed by atoms with E-state index in [9.17, 15) is 14.3 Å². The Bertz CT molecular complexity index is 1270. The Morgan fingerprint density at radius 2 is 2.09 bits per heavy atom. The number of hydrogen-bond acceptors (Lipinski definition) is 6. The van der Waals surface area contributed by atoms with Gasteiger partial charge in [-0.05, 0) is 45.9 Å². The fourth-order valence-electron chi connectivity index (χ4n) is 3.34. The van der Waals surface area contributed by atoms with Gasteiger partial charge in [0, 0.05) is 46.7 Å². The maximum absolute atomic E-state index is 14.1. The summed E-state index contributed by atoms with van der Waals surface area (Å²) in [5.74, 6) is -0.443. The fraction of sp³-hybridized carbons (Fsp3) is 0.348. The standard InChI is InChI=1S/C23H26FN5O2S/c1-13(2)28-20-15-9-17(14-5-6-19-25-7-8-29(19)12-14)32-22(15)27-10-16(20)21(30)26-11-18(24)23(3,4)31/h5-10,12-13,18,31H,11H2,1-4H3,(H,26,30)(H,27,28)/t18-/m1/s1. The van der Waals surface area contributed by atoms with E-state index < -0.39 is 17.7 Å². The molecule has 0 aliphatic heterocycles. The number of nitrogens with zero attached hydrogens (tertiary/aromatic N) is 3. The minimum atomic E-state index is -1.59. The number of aromatic nitrogens is 3. The third-order valence-electron chi connectivity index (χ3n) is 5.12. The van der Waals surface area contributed by atoms with Crippen LogP contribution in [0.3, 0.4) is 0 Å². The summed E-state index contributed by atoms with van der Waals surface area (Å²) in [5.41, 5.74) is 1.35. The second-order valence-corrected chi connectivity index (χ2v) is 9.65. The number of aliphatic hydroxyl groups is 1. The van der Waals surface area contributed by atoms with Crippen LogP contribution in [0.25, 0.3) is 26.3 Å². The van der Waals surface area contributed by atoms with Gasteiger partial charge in [0.25, 0.3) is 5.91 Å². The number of carbonyl (C=O) groups excluding carboxylic acids is 1. The topological polar surface area (TPSA) is 91.5 Å². The van der Waals surface area contributed by atoms with Crippen molar-refractivity contribution in [3.63, 3.8) is 0 Å². The molecule has 1 amide bonds. The minimum absolute atomic E-state index is 0.0723. The summed E-state index contributed by atoms with van der Waals surface area (Å²) >= 11 is 1.54. The van der Waals surface area contributed by atoms with Gasteiger partial charge in [-0.2, -0.15) is 0 Å². The second kappa shape index (κ2) is 8.48. The van der Waals surface area contributed by atoms with Crippen LogP contribution in [0.2, 0.25) is 0 Å². The van der Waals surface area contributed by atoms with E-state index in [2.05, 4.69) is 20.6 Å². The van der Waals surface area contributed by atoms with Crippen LogP contribution in [0, 0.1) is 0 Å². The highest BCUT2D eigenvalue weighted by Gasteiger charge is 2.27. The zero-order valence-electron chi connectivity index (χ0n) is 18.4. The minimum Gasteiger partial charge on any atom is -0.387 e. The number of imidazole rings is 1. The third kappa shape index (κ3) is 4.44. The number of rotatable bonds is 7. The van der Waals surface area contributed by atoms with Gasteiger partial charge in [-0.15, -0.1) is 11.3 Å². The van der Waals surface area contributed by atoms with Crippen molar-refractivity contribution in [2.24, 2.45) is 0 Å². The Hall–Kier alpha value is -3.04. The number of nitrogens with one attached hydrogen (secondary N) is 2. The van der Waals surface area contributed by atoms with Crippen molar-refractivity contribution in [2.75, 3.05) is 11.9 Å².